The summed E-state index contributed by atoms with van der Waals surface area (Å²) in [6, 6.07) is 7.84. The Morgan fingerprint density at radius 2 is 2.12 bits per heavy atom. The lowest BCUT2D eigenvalue weighted by Crippen LogP contribution is -2.25. The first-order chi connectivity index (χ1) is 7.72. The van der Waals surface area contributed by atoms with Crippen LogP contribution in [-0.2, 0) is 11.2 Å². The molecule has 92 valence electrons. The average Bonchev–Trinajstić information content (AvgIpc) is 2.69. The number of nitrogens with one attached hydrogen (secondary N) is 1. The highest BCUT2D eigenvalue weighted by molar-refractivity contribution is 5.83. The number of carboxylic acid groups (broad SMARTS) is 1. The molecule has 2 aromatic rings. The quantitative estimate of drug-likeness (QED) is 0.757. The van der Waals surface area contributed by atoms with E-state index in [1.165, 1.54) is 0 Å². The summed E-state index contributed by atoms with van der Waals surface area (Å²) in [5, 5.41) is 10.0. The van der Waals surface area contributed by atoms with Gasteiger partial charge in [0.1, 0.15) is 0 Å². The monoisotopic (exact) mass is 234 g/mol. The van der Waals surface area contributed by atoms with Crippen molar-refractivity contribution in [2.45, 2.75) is 13.8 Å². The van der Waals surface area contributed by atoms with Gasteiger partial charge in [0.2, 0.25) is 0 Å². The molecule has 0 radical (unpaired) electrons. The number of aromatic nitrogens is 1. The van der Waals surface area contributed by atoms with Crippen molar-refractivity contribution < 1.29 is 9.90 Å². The normalized spacial score (nSPS) is 12.1. The van der Waals surface area contributed by atoms with E-state index in [4.69, 9.17) is 10.8 Å². The molecular weight excluding hydrogens is 216 g/mol. The summed E-state index contributed by atoms with van der Waals surface area (Å²) >= 11 is 0. The van der Waals surface area contributed by atoms with Crippen molar-refractivity contribution in [2.24, 2.45) is 11.7 Å². The van der Waals surface area contributed by atoms with E-state index in [0.29, 0.717) is 6.42 Å². The minimum atomic E-state index is -0.840. The number of carbonyl (C=O) groups is 1. The Labute approximate surface area is 100 Å². The third kappa shape index (κ3) is 2.65. The molecule has 1 heterocycles. The molecule has 1 aromatic carbocycles. The first-order valence-electron chi connectivity index (χ1n) is 5.20. The molecule has 4 nitrogen and oxygen atoms in total. The Balaban J connectivity index is 0.00000144. The number of nitrogens with two attached hydrogens (primary N) is 1. The lowest BCUT2D eigenvalue weighted by molar-refractivity contribution is -0.141. The summed E-state index contributed by atoms with van der Waals surface area (Å²) in [4.78, 5) is 14.0. The topological polar surface area (TPSA) is 79.1 Å². The number of rotatable bonds is 4. The molecule has 1 aromatic heterocycles. The highest BCUT2D eigenvalue weighted by Crippen LogP contribution is 2.20. The second-order valence-corrected chi connectivity index (χ2v) is 3.83. The van der Waals surface area contributed by atoms with E-state index in [1.54, 1.807) is 0 Å². The molecule has 1 unspecified atom stereocenters. The van der Waals surface area contributed by atoms with Crippen LogP contribution < -0.4 is 5.73 Å². The van der Waals surface area contributed by atoms with E-state index in [9.17, 15) is 4.79 Å². The zero-order valence-corrected chi connectivity index (χ0v) is 8.81. The van der Waals surface area contributed by atoms with Crippen molar-refractivity contribution in [3.63, 3.8) is 0 Å². The molecule has 0 fully saturated rings. The largest absolute Gasteiger partial charge is 0.481 e. The van der Waals surface area contributed by atoms with Gasteiger partial charge in [0.25, 0.3) is 0 Å². The standard InChI is InChI=1S/C12H14N2O2.CH4/c13-6-8(12(15)16)5-9-7-14-11-4-2-1-3-10(9)11;/h1-4,7-8,14H,5-6,13H2,(H,15,16);1H4. The fourth-order valence-corrected chi connectivity index (χ4v) is 1.84. The zero-order valence-electron chi connectivity index (χ0n) is 8.81. The van der Waals surface area contributed by atoms with E-state index in [1.807, 2.05) is 30.5 Å². The van der Waals surface area contributed by atoms with E-state index < -0.39 is 11.9 Å². The molecular formula is C13H18N2O2. The van der Waals surface area contributed by atoms with Gasteiger partial charge in [-0.2, -0.15) is 0 Å². The third-order valence-electron chi connectivity index (χ3n) is 2.77. The van der Waals surface area contributed by atoms with Gasteiger partial charge < -0.3 is 15.8 Å². The Bertz CT molecular complexity index is 505. The molecule has 0 amide bonds. The molecule has 2 rings (SSSR count). The van der Waals surface area contributed by atoms with Crippen molar-refractivity contribution >= 4 is 16.9 Å². The molecule has 4 N–H and O–H groups in total. The van der Waals surface area contributed by atoms with Crippen molar-refractivity contribution in [3.05, 3.63) is 36.0 Å². The summed E-state index contributed by atoms with van der Waals surface area (Å²) in [5.41, 5.74) is 7.48. The van der Waals surface area contributed by atoms with E-state index in [2.05, 4.69) is 4.98 Å². The van der Waals surface area contributed by atoms with Crippen LogP contribution >= 0.6 is 0 Å². The lowest BCUT2D eigenvalue weighted by atomic mass is 9.99. The summed E-state index contributed by atoms with van der Waals surface area (Å²) in [6.07, 6.45) is 2.33. The SMILES string of the molecule is C.NCC(Cc1c[nH]c2ccccc12)C(=O)O. The highest BCUT2D eigenvalue weighted by atomic mass is 16.4. The number of carboxylic acids is 1. The van der Waals surface area contributed by atoms with E-state index in [0.717, 1.165) is 16.5 Å². The smallest absolute Gasteiger partial charge is 0.308 e. The number of H-pyrrole nitrogens is 1. The van der Waals surface area contributed by atoms with Gasteiger partial charge in [0.15, 0.2) is 0 Å². The molecule has 4 heteroatoms. The summed E-state index contributed by atoms with van der Waals surface area (Å²) < 4.78 is 0. The third-order valence-corrected chi connectivity index (χ3v) is 2.77. The van der Waals surface area contributed by atoms with Crippen LogP contribution in [-0.4, -0.2) is 22.6 Å². The number of aromatic amines is 1. The van der Waals surface area contributed by atoms with Crippen LogP contribution in [0.25, 0.3) is 10.9 Å². The molecule has 0 bridgehead atoms. The Morgan fingerprint density at radius 1 is 1.41 bits per heavy atom. The van der Waals surface area contributed by atoms with Gasteiger partial charge in [-0.05, 0) is 18.1 Å². The summed E-state index contributed by atoms with van der Waals surface area (Å²) in [6.45, 7) is 0.162. The first kappa shape index (κ1) is 13.3. The molecule has 0 spiro atoms. The second kappa shape index (κ2) is 5.50. The molecule has 0 aliphatic carbocycles. The van der Waals surface area contributed by atoms with Crippen LogP contribution in [0.4, 0.5) is 0 Å². The number of hydrogen-bond donors (Lipinski definition) is 3. The number of fused-ring (bicyclic) bond motifs is 1. The first-order valence-corrected chi connectivity index (χ1v) is 5.20. The van der Waals surface area contributed by atoms with Crippen molar-refractivity contribution in [1.29, 1.82) is 0 Å². The van der Waals surface area contributed by atoms with Crippen molar-refractivity contribution in [2.75, 3.05) is 6.54 Å². The average molecular weight is 234 g/mol. The van der Waals surface area contributed by atoms with Crippen LogP contribution in [0, 0.1) is 5.92 Å². The second-order valence-electron chi connectivity index (χ2n) is 3.83. The van der Waals surface area contributed by atoms with Gasteiger partial charge in [0.05, 0.1) is 5.92 Å². The number of hydrogen-bond acceptors (Lipinski definition) is 2. The number of para-hydroxylation sites is 1. The maximum Gasteiger partial charge on any atom is 0.308 e. The molecule has 0 saturated carbocycles. The predicted octanol–water partition coefficient (Wildman–Crippen LogP) is 2.01. The van der Waals surface area contributed by atoms with Gasteiger partial charge in [-0.15, -0.1) is 0 Å². The number of aliphatic carboxylic acids is 1. The van der Waals surface area contributed by atoms with Gasteiger partial charge in [-0.3, -0.25) is 4.79 Å². The minimum Gasteiger partial charge on any atom is -0.481 e. The summed E-state index contributed by atoms with van der Waals surface area (Å²) in [7, 11) is 0. The van der Waals surface area contributed by atoms with Crippen molar-refractivity contribution in [3.8, 4) is 0 Å². The number of benzene rings is 1. The predicted molar refractivity (Wildman–Crippen MR) is 68.9 cm³/mol. The fourth-order valence-electron chi connectivity index (χ4n) is 1.84. The van der Waals surface area contributed by atoms with Gasteiger partial charge in [0, 0.05) is 23.6 Å². The van der Waals surface area contributed by atoms with E-state index >= 15 is 0 Å². The van der Waals surface area contributed by atoms with Crippen LogP contribution in [0.3, 0.4) is 0 Å². The van der Waals surface area contributed by atoms with Crippen molar-refractivity contribution in [1.82, 2.24) is 4.98 Å². The molecule has 0 aliphatic rings. The maximum atomic E-state index is 10.9. The van der Waals surface area contributed by atoms with Crippen LogP contribution in [0.1, 0.15) is 13.0 Å². The molecule has 0 saturated heterocycles. The summed E-state index contributed by atoms with van der Waals surface area (Å²) in [5.74, 6) is -1.35. The van der Waals surface area contributed by atoms with Crippen LogP contribution in [0.5, 0.6) is 0 Å². The zero-order chi connectivity index (χ0) is 11.5. The molecule has 17 heavy (non-hydrogen) atoms. The Morgan fingerprint density at radius 3 is 2.76 bits per heavy atom. The fraction of sp³-hybridized carbons (Fsp3) is 0.308. The van der Waals surface area contributed by atoms with Gasteiger partial charge in [-0.25, -0.2) is 0 Å². The minimum absolute atomic E-state index is 0. The molecule has 0 aliphatic heterocycles. The van der Waals surface area contributed by atoms with Gasteiger partial charge >= 0.3 is 5.97 Å². The van der Waals surface area contributed by atoms with Gasteiger partial charge in [-0.1, -0.05) is 25.6 Å². The maximum absolute atomic E-state index is 10.9. The van der Waals surface area contributed by atoms with E-state index in [-0.39, 0.29) is 14.0 Å². The highest BCUT2D eigenvalue weighted by Gasteiger charge is 2.17. The van der Waals surface area contributed by atoms with Crippen LogP contribution in [0.15, 0.2) is 30.5 Å². The Hall–Kier alpha value is -1.81. The lowest BCUT2D eigenvalue weighted by Gasteiger charge is -2.08. The van der Waals surface area contributed by atoms with Crippen LogP contribution in [0.2, 0.25) is 0 Å². The Kier molecular flexibility index (Phi) is 4.29. The molecule has 1 atom stereocenters.